The smallest absolute Gasteiger partial charge is 0.125 e. The van der Waals surface area contributed by atoms with Crippen molar-refractivity contribution in [2.45, 2.75) is 18.9 Å². The van der Waals surface area contributed by atoms with Crippen LogP contribution >= 0.6 is 23.2 Å². The summed E-state index contributed by atoms with van der Waals surface area (Å²) in [7, 11) is 0. The Hall–Kier alpha value is -2.40. The lowest BCUT2D eigenvalue weighted by Crippen LogP contribution is -2.40. The highest BCUT2D eigenvalue weighted by atomic mass is 35.5. The minimum atomic E-state index is -0.371. The van der Waals surface area contributed by atoms with E-state index in [0.717, 1.165) is 48.3 Å². The molecular formula is C24H22Cl2FN3. The lowest BCUT2D eigenvalue weighted by Gasteiger charge is -2.34. The predicted molar refractivity (Wildman–Crippen MR) is 124 cm³/mol. The van der Waals surface area contributed by atoms with Crippen molar-refractivity contribution in [1.29, 1.82) is 0 Å². The van der Waals surface area contributed by atoms with Gasteiger partial charge in [-0.3, -0.25) is 4.98 Å². The van der Waals surface area contributed by atoms with Crippen molar-refractivity contribution in [2.24, 2.45) is 5.73 Å². The molecule has 154 valence electrons. The molecule has 0 spiro atoms. The first-order chi connectivity index (χ1) is 14.5. The van der Waals surface area contributed by atoms with E-state index in [4.69, 9.17) is 28.9 Å². The number of aromatic nitrogens is 1. The van der Waals surface area contributed by atoms with E-state index in [0.29, 0.717) is 15.6 Å². The molecule has 2 heterocycles. The topological polar surface area (TPSA) is 42.1 Å². The maximum absolute atomic E-state index is 14.1. The van der Waals surface area contributed by atoms with Crippen LogP contribution in [-0.4, -0.2) is 24.1 Å². The maximum Gasteiger partial charge on any atom is 0.125 e. The SMILES string of the molecule is NC1CCN(c2c(/C=C/c3cccc(Cl)c3)cncc2-c2cc(F)cc(Cl)c2)CC1. The van der Waals surface area contributed by atoms with Crippen LogP contribution in [0, 0.1) is 5.82 Å². The van der Waals surface area contributed by atoms with Crippen LogP contribution in [0.3, 0.4) is 0 Å². The Balaban J connectivity index is 1.81. The summed E-state index contributed by atoms with van der Waals surface area (Å²) < 4.78 is 14.1. The molecule has 3 nitrogen and oxygen atoms in total. The zero-order valence-corrected chi connectivity index (χ0v) is 17.9. The monoisotopic (exact) mass is 441 g/mol. The van der Waals surface area contributed by atoms with Crippen LogP contribution in [0.2, 0.25) is 10.0 Å². The Kier molecular flexibility index (Phi) is 6.38. The molecule has 0 atom stereocenters. The van der Waals surface area contributed by atoms with Crippen LogP contribution in [0.5, 0.6) is 0 Å². The van der Waals surface area contributed by atoms with Crippen LogP contribution in [0.4, 0.5) is 10.1 Å². The Morgan fingerprint density at radius 2 is 1.80 bits per heavy atom. The number of benzene rings is 2. The van der Waals surface area contributed by atoms with E-state index in [1.807, 2.05) is 42.6 Å². The molecule has 0 radical (unpaired) electrons. The summed E-state index contributed by atoms with van der Waals surface area (Å²) >= 11 is 12.2. The van der Waals surface area contributed by atoms with Crippen molar-refractivity contribution >= 4 is 41.0 Å². The van der Waals surface area contributed by atoms with Gasteiger partial charge in [0, 0.05) is 52.7 Å². The van der Waals surface area contributed by atoms with Crippen molar-refractivity contribution in [3.63, 3.8) is 0 Å². The van der Waals surface area contributed by atoms with Crippen molar-refractivity contribution in [2.75, 3.05) is 18.0 Å². The number of hydrogen-bond acceptors (Lipinski definition) is 3. The summed E-state index contributed by atoms with van der Waals surface area (Å²) in [5.41, 5.74) is 10.6. The highest BCUT2D eigenvalue weighted by Gasteiger charge is 2.22. The van der Waals surface area contributed by atoms with Crippen molar-refractivity contribution < 1.29 is 4.39 Å². The number of piperidine rings is 1. The molecular weight excluding hydrogens is 420 g/mol. The molecule has 6 heteroatoms. The molecule has 1 saturated heterocycles. The molecule has 0 amide bonds. The van der Waals surface area contributed by atoms with Gasteiger partial charge in [0.15, 0.2) is 0 Å². The normalized spacial score (nSPS) is 15.1. The van der Waals surface area contributed by atoms with Gasteiger partial charge in [0.2, 0.25) is 0 Å². The highest BCUT2D eigenvalue weighted by molar-refractivity contribution is 6.31. The van der Waals surface area contributed by atoms with E-state index in [-0.39, 0.29) is 11.9 Å². The first-order valence-electron chi connectivity index (χ1n) is 9.88. The molecule has 1 aliphatic rings. The molecule has 3 aromatic rings. The second-order valence-electron chi connectivity index (χ2n) is 7.50. The fourth-order valence-electron chi connectivity index (χ4n) is 3.78. The lowest BCUT2D eigenvalue weighted by molar-refractivity contribution is 0.501. The summed E-state index contributed by atoms with van der Waals surface area (Å²) in [5.74, 6) is -0.371. The standard InChI is InChI=1S/C24H22Cl2FN3/c25-19-3-1-2-16(10-19)4-5-17-14-29-15-23(18-11-20(26)13-21(27)12-18)24(17)30-8-6-22(28)7-9-30/h1-5,10-15,22H,6-9,28H2/b5-4+. The van der Waals surface area contributed by atoms with Crippen LogP contribution in [-0.2, 0) is 0 Å². The van der Waals surface area contributed by atoms with Crippen LogP contribution in [0.1, 0.15) is 24.0 Å². The van der Waals surface area contributed by atoms with E-state index in [1.54, 1.807) is 12.3 Å². The van der Waals surface area contributed by atoms with E-state index in [2.05, 4.69) is 9.88 Å². The van der Waals surface area contributed by atoms with Gasteiger partial charge in [0.25, 0.3) is 0 Å². The molecule has 4 rings (SSSR count). The molecule has 1 aromatic heterocycles. The molecule has 30 heavy (non-hydrogen) atoms. The number of hydrogen-bond donors (Lipinski definition) is 1. The largest absolute Gasteiger partial charge is 0.370 e. The highest BCUT2D eigenvalue weighted by Crippen LogP contribution is 2.37. The summed E-state index contributed by atoms with van der Waals surface area (Å²) in [5, 5.41) is 1.04. The molecule has 0 bridgehead atoms. The Labute approximate surface area is 185 Å². The molecule has 1 fully saturated rings. The summed E-state index contributed by atoms with van der Waals surface area (Å²) in [6, 6.07) is 12.4. The van der Waals surface area contributed by atoms with E-state index < -0.39 is 0 Å². The first-order valence-corrected chi connectivity index (χ1v) is 10.6. The molecule has 0 saturated carbocycles. The fourth-order valence-corrected chi connectivity index (χ4v) is 4.21. The van der Waals surface area contributed by atoms with E-state index in [1.165, 1.54) is 12.1 Å². The number of nitrogens with zero attached hydrogens (tertiary/aromatic N) is 2. The second-order valence-corrected chi connectivity index (χ2v) is 8.37. The number of anilines is 1. The van der Waals surface area contributed by atoms with Crippen LogP contribution in [0.25, 0.3) is 23.3 Å². The zero-order valence-electron chi connectivity index (χ0n) is 16.4. The van der Waals surface area contributed by atoms with Gasteiger partial charge in [-0.15, -0.1) is 0 Å². The average Bonchev–Trinajstić information content (AvgIpc) is 2.72. The van der Waals surface area contributed by atoms with Gasteiger partial charge < -0.3 is 10.6 Å². The molecule has 0 unspecified atom stereocenters. The number of rotatable bonds is 4. The summed E-state index contributed by atoms with van der Waals surface area (Å²) in [6.07, 6.45) is 9.44. The summed E-state index contributed by atoms with van der Waals surface area (Å²) in [4.78, 5) is 6.73. The number of halogens is 3. The van der Waals surface area contributed by atoms with Gasteiger partial charge in [0.05, 0.1) is 5.69 Å². The Bertz CT molecular complexity index is 1060. The van der Waals surface area contributed by atoms with Crippen molar-refractivity contribution in [3.05, 3.63) is 81.8 Å². The van der Waals surface area contributed by atoms with Crippen LogP contribution in [0.15, 0.2) is 54.9 Å². The van der Waals surface area contributed by atoms with Crippen molar-refractivity contribution in [1.82, 2.24) is 4.98 Å². The molecule has 2 N–H and O–H groups in total. The van der Waals surface area contributed by atoms with Gasteiger partial charge >= 0.3 is 0 Å². The maximum atomic E-state index is 14.1. The van der Waals surface area contributed by atoms with Gasteiger partial charge in [-0.25, -0.2) is 4.39 Å². The third-order valence-corrected chi connectivity index (χ3v) is 5.73. The van der Waals surface area contributed by atoms with Gasteiger partial charge in [-0.2, -0.15) is 0 Å². The molecule has 2 aromatic carbocycles. The zero-order chi connectivity index (χ0) is 21.1. The quantitative estimate of drug-likeness (QED) is 0.516. The Morgan fingerprint density at radius 3 is 2.53 bits per heavy atom. The Morgan fingerprint density at radius 1 is 1.00 bits per heavy atom. The number of nitrogens with two attached hydrogens (primary N) is 1. The summed E-state index contributed by atoms with van der Waals surface area (Å²) in [6.45, 7) is 1.67. The van der Waals surface area contributed by atoms with Gasteiger partial charge in [0.1, 0.15) is 5.82 Å². The third kappa shape index (κ3) is 4.84. The lowest BCUT2D eigenvalue weighted by atomic mass is 9.98. The molecule has 1 aliphatic heterocycles. The third-order valence-electron chi connectivity index (χ3n) is 5.28. The fraction of sp³-hybridized carbons (Fsp3) is 0.208. The average molecular weight is 442 g/mol. The van der Waals surface area contributed by atoms with Crippen LogP contribution < -0.4 is 10.6 Å². The first kappa shape index (κ1) is 20.9. The van der Waals surface area contributed by atoms with E-state index >= 15 is 0 Å². The minimum Gasteiger partial charge on any atom is -0.370 e. The molecule has 0 aliphatic carbocycles. The van der Waals surface area contributed by atoms with E-state index in [9.17, 15) is 4.39 Å². The predicted octanol–water partition coefficient (Wildman–Crippen LogP) is 6.29. The minimum absolute atomic E-state index is 0.209. The second kappa shape index (κ2) is 9.17. The van der Waals surface area contributed by atoms with Gasteiger partial charge in [-0.1, -0.05) is 47.5 Å². The van der Waals surface area contributed by atoms with Crippen molar-refractivity contribution in [3.8, 4) is 11.1 Å². The number of pyridine rings is 1. The van der Waals surface area contributed by atoms with Gasteiger partial charge in [-0.05, 0) is 54.3 Å².